The highest BCUT2D eigenvalue weighted by atomic mass is 32.2. The highest BCUT2D eigenvalue weighted by Gasteiger charge is 2.47. The third kappa shape index (κ3) is 8.97. The third-order valence-corrected chi connectivity index (χ3v) is 16.3. The summed E-state index contributed by atoms with van der Waals surface area (Å²) in [4.78, 5) is 0.246. The summed E-state index contributed by atoms with van der Waals surface area (Å²) in [5.74, 6) is -0.505. The number of sulfonamides is 2. The standard InChI is InChI=1S/C50H68N2O8S2/c1-15-35-29-59-45(51(35)61(55,56)37-21-17-31(18-22-37)47(3,4)5)41-27-33(49(9,10)11)25-39(43(41)53)40-26-34(50(12,13)14)28-42(44(40)54)46-52(36(16-2)30-60-46)62(57,58)38-23-19-32(20-24-38)48(6,7)8/h17-28,35-36,45-46,53-54H,15-16,29-30H2,1-14H3/t35-,36-,45-,46-/m1/s1. The first-order chi connectivity index (χ1) is 28.5. The average molecular weight is 889 g/mol. The van der Waals surface area contributed by atoms with E-state index in [0.29, 0.717) is 12.8 Å². The predicted molar refractivity (Wildman–Crippen MR) is 246 cm³/mol. The summed E-state index contributed by atoms with van der Waals surface area (Å²) in [5, 5.41) is 25.1. The molecule has 2 fully saturated rings. The number of phenols is 2. The van der Waals surface area contributed by atoms with Crippen LogP contribution in [0.25, 0.3) is 11.1 Å². The molecule has 4 aromatic carbocycles. The Labute approximate surface area is 371 Å². The fraction of sp³-hybridized carbons (Fsp3) is 0.520. The Kier molecular flexibility index (Phi) is 12.8. The van der Waals surface area contributed by atoms with Crippen LogP contribution in [0.1, 0.15) is 156 Å². The molecule has 2 heterocycles. The van der Waals surface area contributed by atoms with Crippen LogP contribution in [0.3, 0.4) is 0 Å². The van der Waals surface area contributed by atoms with Gasteiger partial charge in [-0.2, -0.15) is 8.61 Å². The Morgan fingerprint density at radius 1 is 0.500 bits per heavy atom. The van der Waals surface area contributed by atoms with Crippen molar-refractivity contribution in [1.82, 2.24) is 8.61 Å². The van der Waals surface area contributed by atoms with Crippen LogP contribution in [0, 0.1) is 0 Å². The molecule has 2 saturated heterocycles. The van der Waals surface area contributed by atoms with E-state index in [1.807, 2.05) is 91.8 Å². The highest BCUT2D eigenvalue weighted by molar-refractivity contribution is 7.89. The maximum absolute atomic E-state index is 14.7. The molecule has 62 heavy (non-hydrogen) atoms. The van der Waals surface area contributed by atoms with Crippen molar-refractivity contribution >= 4 is 20.0 Å². The normalized spacial score (nSPS) is 21.2. The number of rotatable bonds is 9. The van der Waals surface area contributed by atoms with Gasteiger partial charge in [-0.1, -0.05) is 121 Å². The topological polar surface area (TPSA) is 134 Å². The van der Waals surface area contributed by atoms with Crippen molar-refractivity contribution in [2.45, 2.75) is 166 Å². The van der Waals surface area contributed by atoms with Crippen LogP contribution in [-0.4, -0.2) is 61.0 Å². The maximum atomic E-state index is 14.7. The molecule has 0 aromatic heterocycles. The van der Waals surface area contributed by atoms with Gasteiger partial charge in [-0.05, 0) is 105 Å². The first-order valence-corrected chi connectivity index (χ1v) is 24.7. The monoisotopic (exact) mass is 888 g/mol. The van der Waals surface area contributed by atoms with Crippen LogP contribution < -0.4 is 0 Å². The van der Waals surface area contributed by atoms with Crippen molar-refractivity contribution in [3.63, 3.8) is 0 Å². The molecule has 0 saturated carbocycles. The van der Waals surface area contributed by atoms with Crippen LogP contribution in [0.4, 0.5) is 0 Å². The van der Waals surface area contributed by atoms with E-state index in [1.165, 1.54) is 8.61 Å². The minimum atomic E-state index is -4.15. The molecule has 6 rings (SSSR count). The van der Waals surface area contributed by atoms with Gasteiger partial charge in [0.2, 0.25) is 20.0 Å². The summed E-state index contributed by atoms with van der Waals surface area (Å²) in [6, 6.07) is 20.1. The lowest BCUT2D eigenvalue weighted by Crippen LogP contribution is -2.38. The molecule has 0 bridgehead atoms. The first-order valence-electron chi connectivity index (χ1n) is 21.8. The Hall–Kier alpha value is -3.78. The number of aromatic hydroxyl groups is 2. The number of hydrogen-bond acceptors (Lipinski definition) is 8. The van der Waals surface area contributed by atoms with Crippen LogP contribution in [-0.2, 0) is 51.2 Å². The van der Waals surface area contributed by atoms with E-state index in [9.17, 15) is 27.0 Å². The number of hydrogen-bond donors (Lipinski definition) is 2. The lowest BCUT2D eigenvalue weighted by molar-refractivity contribution is 0.0654. The summed E-state index contributed by atoms with van der Waals surface area (Å²) in [6.45, 7) is 28.6. The SMILES string of the molecule is CC[C@@H]1CO[C@H](c2cc(C(C)(C)C)cc(-c3cc(C(C)(C)C)cc([C@H]4OC[C@@H](CC)N4S(=O)(=O)c4ccc(C(C)(C)C)cc4)c3O)c2O)N1S(=O)(=O)c1ccc(C(C)(C)C)cc1. The fourth-order valence-electron chi connectivity index (χ4n) is 8.24. The van der Waals surface area contributed by atoms with Gasteiger partial charge in [0.1, 0.15) is 11.5 Å². The Bertz CT molecular complexity index is 2330. The van der Waals surface area contributed by atoms with Gasteiger partial charge in [0.15, 0.2) is 12.5 Å². The lowest BCUT2D eigenvalue weighted by atomic mass is 9.80. The molecule has 10 nitrogen and oxygen atoms in total. The van der Waals surface area contributed by atoms with Gasteiger partial charge in [-0.25, -0.2) is 16.8 Å². The van der Waals surface area contributed by atoms with E-state index in [1.54, 1.807) is 36.4 Å². The van der Waals surface area contributed by atoms with E-state index in [-0.39, 0.29) is 67.6 Å². The zero-order valence-corrected chi connectivity index (χ0v) is 40.8. The van der Waals surface area contributed by atoms with Crippen molar-refractivity contribution in [3.8, 4) is 22.6 Å². The number of benzene rings is 4. The molecule has 0 amide bonds. The van der Waals surface area contributed by atoms with Crippen LogP contribution in [0.2, 0.25) is 0 Å². The zero-order valence-electron chi connectivity index (χ0n) is 39.1. The van der Waals surface area contributed by atoms with Gasteiger partial charge >= 0.3 is 0 Å². The second-order valence-electron chi connectivity index (χ2n) is 21.1. The predicted octanol–water partition coefficient (Wildman–Crippen LogP) is 11.0. The molecule has 0 aliphatic carbocycles. The summed E-state index contributed by atoms with van der Waals surface area (Å²) >= 11 is 0. The molecule has 0 radical (unpaired) electrons. The third-order valence-electron chi connectivity index (χ3n) is 12.4. The summed E-state index contributed by atoms with van der Waals surface area (Å²) in [5.41, 5.74) is 3.18. The largest absolute Gasteiger partial charge is 0.507 e. The second kappa shape index (κ2) is 16.7. The second-order valence-corrected chi connectivity index (χ2v) is 24.8. The van der Waals surface area contributed by atoms with Gasteiger partial charge in [0.05, 0.1) is 35.1 Å². The molecular formula is C50H68N2O8S2. The zero-order chi connectivity index (χ0) is 46.1. The lowest BCUT2D eigenvalue weighted by Gasteiger charge is -2.31. The fourth-order valence-corrected chi connectivity index (χ4v) is 11.7. The molecular weight excluding hydrogens is 821 g/mol. The molecule has 0 unspecified atom stereocenters. The Balaban J connectivity index is 1.55. The van der Waals surface area contributed by atoms with Crippen molar-refractivity contribution in [3.05, 3.63) is 106 Å². The van der Waals surface area contributed by atoms with E-state index < -0.39 is 55.4 Å². The molecule has 2 aliphatic rings. The minimum Gasteiger partial charge on any atom is -0.507 e. The molecule has 12 heteroatoms. The van der Waals surface area contributed by atoms with Crippen LogP contribution >= 0.6 is 0 Å². The van der Waals surface area contributed by atoms with Crippen molar-refractivity contribution in [1.29, 1.82) is 0 Å². The first kappa shape index (κ1) is 47.7. The van der Waals surface area contributed by atoms with E-state index in [4.69, 9.17) is 9.47 Å². The van der Waals surface area contributed by atoms with Crippen molar-refractivity contribution in [2.24, 2.45) is 0 Å². The number of phenolic OH excluding ortho intramolecular Hbond substituents is 2. The van der Waals surface area contributed by atoms with Gasteiger partial charge in [0, 0.05) is 22.3 Å². The smallest absolute Gasteiger partial charge is 0.245 e. The van der Waals surface area contributed by atoms with Crippen molar-refractivity contribution < 1.29 is 36.5 Å². The van der Waals surface area contributed by atoms with Crippen LogP contribution in [0.15, 0.2) is 82.6 Å². The van der Waals surface area contributed by atoms with E-state index in [2.05, 4.69) is 41.5 Å². The van der Waals surface area contributed by atoms with Gasteiger partial charge in [-0.15, -0.1) is 0 Å². The van der Waals surface area contributed by atoms with E-state index in [0.717, 1.165) is 22.3 Å². The van der Waals surface area contributed by atoms with Crippen molar-refractivity contribution in [2.75, 3.05) is 13.2 Å². The molecule has 2 N–H and O–H groups in total. The molecule has 2 aliphatic heterocycles. The summed E-state index contributed by atoms with van der Waals surface area (Å²) in [6.07, 6.45) is -1.43. The maximum Gasteiger partial charge on any atom is 0.245 e. The van der Waals surface area contributed by atoms with Gasteiger partial charge in [0.25, 0.3) is 0 Å². The average Bonchev–Trinajstić information content (AvgIpc) is 3.82. The number of nitrogens with zero attached hydrogens (tertiary/aromatic N) is 2. The van der Waals surface area contributed by atoms with Crippen LogP contribution in [0.5, 0.6) is 11.5 Å². The summed E-state index contributed by atoms with van der Waals surface area (Å²) < 4.78 is 74.2. The molecule has 0 spiro atoms. The van der Waals surface area contributed by atoms with Gasteiger partial charge < -0.3 is 19.7 Å². The quantitative estimate of drug-likeness (QED) is 0.170. The van der Waals surface area contributed by atoms with Gasteiger partial charge in [-0.3, -0.25) is 0 Å². The molecule has 338 valence electrons. The molecule has 4 aromatic rings. The summed E-state index contributed by atoms with van der Waals surface area (Å²) in [7, 11) is -8.29. The van der Waals surface area contributed by atoms with E-state index >= 15 is 0 Å². The Morgan fingerprint density at radius 2 is 0.790 bits per heavy atom. The Morgan fingerprint density at radius 3 is 1.05 bits per heavy atom. The number of ether oxygens (including phenoxy) is 2. The molecule has 4 atom stereocenters. The highest BCUT2D eigenvalue weighted by Crippen LogP contribution is 2.51. The minimum absolute atomic E-state index is 0.116.